The number of aryl methyl sites for hydroxylation is 1. The number of hydrogen-bond acceptors (Lipinski definition) is 3. The Morgan fingerprint density at radius 2 is 2.10 bits per heavy atom. The van der Waals surface area contributed by atoms with Crippen molar-refractivity contribution in [3.8, 4) is 0 Å². The van der Waals surface area contributed by atoms with E-state index in [2.05, 4.69) is 4.98 Å². The normalized spacial score (nSPS) is 13.2. The molecule has 0 spiro atoms. The first-order chi connectivity index (χ1) is 9.65. The molecule has 0 aliphatic heterocycles. The van der Waals surface area contributed by atoms with E-state index in [-0.39, 0.29) is 11.1 Å². The predicted octanol–water partition coefficient (Wildman–Crippen LogP) is 1.48. The van der Waals surface area contributed by atoms with Crippen LogP contribution < -0.4 is 5.56 Å². The lowest BCUT2D eigenvalue weighted by molar-refractivity contribution is 0.0696. The summed E-state index contributed by atoms with van der Waals surface area (Å²) in [6, 6.07) is 6.67. The summed E-state index contributed by atoms with van der Waals surface area (Å²) in [5.74, 6) is -0.998. The van der Waals surface area contributed by atoms with E-state index in [1.165, 1.54) is 17.8 Å². The summed E-state index contributed by atoms with van der Waals surface area (Å²) in [4.78, 5) is 26.9. The number of carboxylic acids is 1. The van der Waals surface area contributed by atoms with E-state index in [0.29, 0.717) is 12.2 Å². The van der Waals surface area contributed by atoms with Crippen molar-refractivity contribution in [1.29, 1.82) is 0 Å². The van der Waals surface area contributed by atoms with Gasteiger partial charge < -0.3 is 9.67 Å². The number of nitrogens with zero attached hydrogens (tertiary/aromatic N) is 2. The summed E-state index contributed by atoms with van der Waals surface area (Å²) >= 11 is 0. The largest absolute Gasteiger partial charge is 0.478 e. The van der Waals surface area contributed by atoms with Crippen molar-refractivity contribution in [3.05, 3.63) is 63.3 Å². The lowest BCUT2D eigenvalue weighted by Crippen LogP contribution is -2.23. The van der Waals surface area contributed by atoms with Crippen LogP contribution in [0.5, 0.6) is 0 Å². The summed E-state index contributed by atoms with van der Waals surface area (Å²) in [6.45, 7) is 0.391. The molecule has 0 unspecified atom stereocenters. The van der Waals surface area contributed by atoms with Crippen LogP contribution >= 0.6 is 0 Å². The van der Waals surface area contributed by atoms with E-state index in [1.54, 1.807) is 16.7 Å². The van der Waals surface area contributed by atoms with Crippen molar-refractivity contribution < 1.29 is 9.90 Å². The van der Waals surface area contributed by atoms with Crippen LogP contribution in [0, 0.1) is 0 Å². The molecule has 5 nitrogen and oxygen atoms in total. The summed E-state index contributed by atoms with van der Waals surface area (Å²) < 4.78 is 1.74. The van der Waals surface area contributed by atoms with Crippen molar-refractivity contribution in [2.75, 3.05) is 0 Å². The van der Waals surface area contributed by atoms with Gasteiger partial charge in [0.15, 0.2) is 0 Å². The van der Waals surface area contributed by atoms with Crippen LogP contribution in [-0.2, 0) is 19.4 Å². The maximum Gasteiger partial charge on any atom is 0.337 e. The molecule has 2 aromatic heterocycles. The molecular weight excluding hydrogens is 256 g/mol. The number of carboxylic acid groups (broad SMARTS) is 1. The molecule has 1 N–H and O–H groups in total. The highest BCUT2D eigenvalue weighted by atomic mass is 16.4. The molecule has 2 aromatic rings. The summed E-state index contributed by atoms with van der Waals surface area (Å²) in [7, 11) is 0. The van der Waals surface area contributed by atoms with Gasteiger partial charge in [0.05, 0.1) is 17.8 Å². The van der Waals surface area contributed by atoms with Gasteiger partial charge in [-0.2, -0.15) is 0 Å². The molecule has 0 saturated heterocycles. The van der Waals surface area contributed by atoms with E-state index in [1.807, 2.05) is 6.07 Å². The first-order valence-electron chi connectivity index (χ1n) is 6.55. The van der Waals surface area contributed by atoms with Gasteiger partial charge in [-0.05, 0) is 37.0 Å². The van der Waals surface area contributed by atoms with E-state index < -0.39 is 5.97 Å². The van der Waals surface area contributed by atoms with Crippen LogP contribution in [0.2, 0.25) is 0 Å². The highest BCUT2D eigenvalue weighted by Gasteiger charge is 2.16. The minimum atomic E-state index is -0.998. The molecule has 0 amide bonds. The molecule has 20 heavy (non-hydrogen) atoms. The second-order valence-corrected chi connectivity index (χ2v) is 4.93. The highest BCUT2D eigenvalue weighted by molar-refractivity contribution is 5.87. The minimum absolute atomic E-state index is 0.0326. The van der Waals surface area contributed by atoms with Gasteiger partial charge in [0, 0.05) is 18.0 Å². The SMILES string of the molecule is O=C(O)c1ccc(Cn2c3c(ccc2=O)CCC3)nc1. The van der Waals surface area contributed by atoms with Gasteiger partial charge in [0.25, 0.3) is 5.56 Å². The van der Waals surface area contributed by atoms with Crippen LogP contribution in [0.15, 0.2) is 35.3 Å². The van der Waals surface area contributed by atoms with Gasteiger partial charge >= 0.3 is 5.97 Å². The maximum absolute atomic E-state index is 12.0. The van der Waals surface area contributed by atoms with Crippen molar-refractivity contribution in [2.45, 2.75) is 25.8 Å². The third kappa shape index (κ3) is 2.22. The van der Waals surface area contributed by atoms with Gasteiger partial charge in [0.1, 0.15) is 0 Å². The number of aromatic nitrogens is 2. The molecule has 0 saturated carbocycles. The molecule has 5 heteroatoms. The average molecular weight is 270 g/mol. The second-order valence-electron chi connectivity index (χ2n) is 4.93. The Morgan fingerprint density at radius 3 is 2.80 bits per heavy atom. The van der Waals surface area contributed by atoms with Crippen molar-refractivity contribution in [3.63, 3.8) is 0 Å². The van der Waals surface area contributed by atoms with Gasteiger partial charge in [-0.1, -0.05) is 6.07 Å². The molecule has 1 aliphatic carbocycles. The topological polar surface area (TPSA) is 72.2 Å². The van der Waals surface area contributed by atoms with Crippen LogP contribution in [0.25, 0.3) is 0 Å². The van der Waals surface area contributed by atoms with E-state index in [4.69, 9.17) is 5.11 Å². The molecular formula is C15H14N2O3. The van der Waals surface area contributed by atoms with Crippen LogP contribution in [0.1, 0.15) is 33.7 Å². The molecule has 0 fully saturated rings. The number of fused-ring (bicyclic) bond motifs is 1. The van der Waals surface area contributed by atoms with Gasteiger partial charge in [-0.15, -0.1) is 0 Å². The molecule has 3 rings (SSSR count). The Balaban J connectivity index is 1.94. The maximum atomic E-state index is 12.0. The Kier molecular flexibility index (Phi) is 3.10. The number of carbonyl (C=O) groups is 1. The smallest absolute Gasteiger partial charge is 0.337 e. The molecule has 0 radical (unpaired) electrons. The minimum Gasteiger partial charge on any atom is -0.478 e. The van der Waals surface area contributed by atoms with Gasteiger partial charge in [0.2, 0.25) is 0 Å². The Labute approximate surface area is 115 Å². The first-order valence-corrected chi connectivity index (χ1v) is 6.55. The Hall–Kier alpha value is -2.43. The zero-order valence-corrected chi connectivity index (χ0v) is 10.9. The molecule has 0 atom stereocenters. The number of pyridine rings is 2. The first kappa shape index (κ1) is 12.6. The molecule has 1 aliphatic rings. The fourth-order valence-corrected chi connectivity index (χ4v) is 2.61. The molecule has 0 bridgehead atoms. The van der Waals surface area contributed by atoms with Crippen molar-refractivity contribution in [1.82, 2.24) is 9.55 Å². The van der Waals surface area contributed by atoms with Crippen molar-refractivity contribution in [2.24, 2.45) is 0 Å². The zero-order valence-electron chi connectivity index (χ0n) is 10.9. The number of hydrogen-bond donors (Lipinski definition) is 1. The number of aromatic carboxylic acids is 1. The number of rotatable bonds is 3. The Morgan fingerprint density at radius 1 is 1.25 bits per heavy atom. The van der Waals surface area contributed by atoms with Crippen LogP contribution in [0.4, 0.5) is 0 Å². The molecule has 2 heterocycles. The zero-order chi connectivity index (χ0) is 14.1. The highest BCUT2D eigenvalue weighted by Crippen LogP contribution is 2.20. The molecule has 0 aromatic carbocycles. The summed E-state index contributed by atoms with van der Waals surface area (Å²) in [5.41, 5.74) is 3.12. The fourth-order valence-electron chi connectivity index (χ4n) is 2.61. The molecule has 102 valence electrons. The van der Waals surface area contributed by atoms with E-state index in [9.17, 15) is 9.59 Å². The van der Waals surface area contributed by atoms with Gasteiger partial charge in [-0.25, -0.2) is 4.79 Å². The van der Waals surface area contributed by atoms with E-state index >= 15 is 0 Å². The quantitative estimate of drug-likeness (QED) is 0.917. The lowest BCUT2D eigenvalue weighted by atomic mass is 10.2. The summed E-state index contributed by atoms with van der Waals surface area (Å²) in [5, 5.41) is 8.84. The monoisotopic (exact) mass is 270 g/mol. The Bertz CT molecular complexity index is 717. The third-order valence-corrected chi connectivity index (χ3v) is 3.64. The van der Waals surface area contributed by atoms with E-state index in [0.717, 1.165) is 25.0 Å². The lowest BCUT2D eigenvalue weighted by Gasteiger charge is -2.11. The summed E-state index contributed by atoms with van der Waals surface area (Å²) in [6.07, 6.45) is 4.33. The van der Waals surface area contributed by atoms with Crippen LogP contribution in [-0.4, -0.2) is 20.6 Å². The average Bonchev–Trinajstić information content (AvgIpc) is 2.91. The van der Waals surface area contributed by atoms with Crippen LogP contribution in [0.3, 0.4) is 0 Å². The fraction of sp³-hybridized carbons (Fsp3) is 0.267. The third-order valence-electron chi connectivity index (χ3n) is 3.64. The second kappa shape index (κ2) is 4.92. The standard InChI is InChI=1S/C15H14N2O3/c18-14-7-5-10-2-1-3-13(10)17(14)9-12-6-4-11(8-16-12)15(19)20/h4-8H,1-3,9H2,(H,19,20). The van der Waals surface area contributed by atoms with Crippen molar-refractivity contribution >= 4 is 5.97 Å². The van der Waals surface area contributed by atoms with Gasteiger partial charge in [-0.3, -0.25) is 9.78 Å². The predicted molar refractivity (Wildman–Crippen MR) is 73.0 cm³/mol.